The molecule has 1 saturated heterocycles. The highest BCUT2D eigenvalue weighted by Crippen LogP contribution is 2.29. The molecule has 0 unspecified atom stereocenters. The summed E-state index contributed by atoms with van der Waals surface area (Å²) in [5.41, 5.74) is -0.954. The highest BCUT2D eigenvalue weighted by Gasteiger charge is 2.40. The van der Waals surface area contributed by atoms with E-state index in [0.717, 1.165) is 0 Å². The Kier molecular flexibility index (Phi) is 5.08. The molecule has 1 fully saturated rings. The van der Waals surface area contributed by atoms with Crippen LogP contribution in [0.25, 0.3) is 0 Å². The molecule has 0 aromatic heterocycles. The van der Waals surface area contributed by atoms with Gasteiger partial charge in [-0.15, -0.1) is 0 Å². The van der Waals surface area contributed by atoms with E-state index in [-0.39, 0.29) is 19.0 Å². The molecule has 0 aromatic rings. The van der Waals surface area contributed by atoms with Crippen molar-refractivity contribution in [3.05, 3.63) is 0 Å². The molecular formula is C11H18N2O5. The first kappa shape index (κ1) is 14.4. The maximum atomic E-state index is 11.4. The average molecular weight is 258 g/mol. The minimum Gasteiger partial charge on any atom is -0.481 e. The lowest BCUT2D eigenvalue weighted by atomic mass is 9.80. The van der Waals surface area contributed by atoms with Gasteiger partial charge in [0.05, 0.1) is 12.0 Å². The fourth-order valence-electron chi connectivity index (χ4n) is 1.76. The Labute approximate surface area is 105 Å². The van der Waals surface area contributed by atoms with Crippen LogP contribution in [0.15, 0.2) is 0 Å². The second kappa shape index (κ2) is 6.34. The topological polar surface area (TPSA) is 105 Å². The molecule has 18 heavy (non-hydrogen) atoms. The number of carbonyl (C=O) groups excluding carboxylic acids is 2. The van der Waals surface area contributed by atoms with Crippen LogP contribution in [0.2, 0.25) is 0 Å². The molecule has 0 saturated carbocycles. The standard InChI is InChI=1S/C11H18N2O5/c1-8(14)12-6-9(15)13-7-11(10(16)17)2-4-18-5-3-11/h2-7H2,1H3,(H,12,14)(H,13,15)(H,16,17). The van der Waals surface area contributed by atoms with E-state index >= 15 is 0 Å². The number of hydrogen-bond acceptors (Lipinski definition) is 4. The fraction of sp³-hybridized carbons (Fsp3) is 0.727. The Balaban J connectivity index is 2.45. The maximum Gasteiger partial charge on any atom is 0.311 e. The number of aliphatic carboxylic acids is 1. The maximum absolute atomic E-state index is 11.4. The normalized spacial score (nSPS) is 17.8. The number of ether oxygens (including phenoxy) is 1. The Bertz CT molecular complexity index is 336. The van der Waals surface area contributed by atoms with E-state index in [9.17, 15) is 19.5 Å². The molecule has 102 valence electrons. The quantitative estimate of drug-likeness (QED) is 0.594. The molecular weight excluding hydrogens is 240 g/mol. The van der Waals surface area contributed by atoms with Gasteiger partial charge in [-0.1, -0.05) is 0 Å². The van der Waals surface area contributed by atoms with Crippen LogP contribution in [0, 0.1) is 5.41 Å². The number of hydrogen-bond donors (Lipinski definition) is 3. The van der Waals surface area contributed by atoms with Gasteiger partial charge in [-0.2, -0.15) is 0 Å². The van der Waals surface area contributed by atoms with Crippen molar-refractivity contribution >= 4 is 17.8 Å². The lowest BCUT2D eigenvalue weighted by Crippen LogP contribution is -2.48. The van der Waals surface area contributed by atoms with E-state index in [4.69, 9.17) is 4.74 Å². The summed E-state index contributed by atoms with van der Waals surface area (Å²) in [6.45, 7) is 2.00. The van der Waals surface area contributed by atoms with Crippen LogP contribution in [-0.2, 0) is 19.1 Å². The number of carboxylic acid groups (broad SMARTS) is 1. The third kappa shape index (κ3) is 3.99. The molecule has 3 N–H and O–H groups in total. The monoisotopic (exact) mass is 258 g/mol. The zero-order valence-corrected chi connectivity index (χ0v) is 10.3. The van der Waals surface area contributed by atoms with Crippen molar-refractivity contribution in [2.75, 3.05) is 26.3 Å². The van der Waals surface area contributed by atoms with Gasteiger partial charge in [-0.3, -0.25) is 14.4 Å². The van der Waals surface area contributed by atoms with E-state index in [1.807, 2.05) is 0 Å². The predicted molar refractivity (Wildman–Crippen MR) is 61.8 cm³/mol. The van der Waals surface area contributed by atoms with Crippen molar-refractivity contribution in [2.45, 2.75) is 19.8 Å². The lowest BCUT2D eigenvalue weighted by molar-refractivity contribution is -0.154. The summed E-state index contributed by atoms with van der Waals surface area (Å²) < 4.78 is 5.13. The molecule has 0 aliphatic carbocycles. The minimum atomic E-state index is -0.954. The van der Waals surface area contributed by atoms with E-state index in [0.29, 0.717) is 26.1 Å². The van der Waals surface area contributed by atoms with Gasteiger partial charge >= 0.3 is 5.97 Å². The van der Waals surface area contributed by atoms with Gasteiger partial charge in [0.25, 0.3) is 0 Å². The predicted octanol–water partition coefficient (Wildman–Crippen LogP) is -0.880. The van der Waals surface area contributed by atoms with Crippen molar-refractivity contribution in [1.82, 2.24) is 10.6 Å². The van der Waals surface area contributed by atoms with Gasteiger partial charge in [-0.25, -0.2) is 0 Å². The van der Waals surface area contributed by atoms with Gasteiger partial charge < -0.3 is 20.5 Å². The zero-order valence-electron chi connectivity index (χ0n) is 10.3. The van der Waals surface area contributed by atoms with Crippen molar-refractivity contribution < 1.29 is 24.2 Å². The fourth-order valence-corrected chi connectivity index (χ4v) is 1.76. The number of nitrogens with one attached hydrogen (secondary N) is 2. The molecule has 0 atom stereocenters. The Morgan fingerprint density at radius 3 is 2.33 bits per heavy atom. The van der Waals surface area contributed by atoms with Gasteiger partial charge in [0, 0.05) is 26.7 Å². The van der Waals surface area contributed by atoms with Crippen LogP contribution in [0.1, 0.15) is 19.8 Å². The van der Waals surface area contributed by atoms with Crippen LogP contribution in [0.3, 0.4) is 0 Å². The average Bonchev–Trinajstić information content (AvgIpc) is 2.34. The molecule has 1 aliphatic rings. The smallest absolute Gasteiger partial charge is 0.311 e. The molecule has 2 amide bonds. The summed E-state index contributed by atoms with van der Waals surface area (Å²) in [6, 6.07) is 0. The molecule has 7 heteroatoms. The van der Waals surface area contributed by atoms with Gasteiger partial charge in [0.1, 0.15) is 0 Å². The number of carbonyl (C=O) groups is 3. The SMILES string of the molecule is CC(=O)NCC(=O)NCC1(C(=O)O)CCOCC1. The zero-order chi connectivity index (χ0) is 13.6. The third-order valence-electron chi connectivity index (χ3n) is 3.03. The van der Waals surface area contributed by atoms with E-state index in [1.54, 1.807) is 0 Å². The largest absolute Gasteiger partial charge is 0.481 e. The number of rotatable bonds is 5. The van der Waals surface area contributed by atoms with Gasteiger partial charge in [-0.05, 0) is 12.8 Å². The molecule has 1 aliphatic heterocycles. The first-order valence-electron chi connectivity index (χ1n) is 5.78. The van der Waals surface area contributed by atoms with Gasteiger partial charge in [0.2, 0.25) is 11.8 Å². The van der Waals surface area contributed by atoms with Crippen LogP contribution < -0.4 is 10.6 Å². The van der Waals surface area contributed by atoms with Crippen molar-refractivity contribution in [1.29, 1.82) is 0 Å². The lowest BCUT2D eigenvalue weighted by Gasteiger charge is -2.33. The number of amides is 2. The summed E-state index contributed by atoms with van der Waals surface area (Å²) in [7, 11) is 0. The summed E-state index contributed by atoms with van der Waals surface area (Å²) in [5.74, 6) is -1.62. The Morgan fingerprint density at radius 2 is 1.83 bits per heavy atom. The van der Waals surface area contributed by atoms with Crippen molar-refractivity contribution in [3.8, 4) is 0 Å². The van der Waals surface area contributed by atoms with Crippen LogP contribution in [0.4, 0.5) is 0 Å². The van der Waals surface area contributed by atoms with Crippen LogP contribution >= 0.6 is 0 Å². The molecule has 1 rings (SSSR count). The molecule has 0 radical (unpaired) electrons. The van der Waals surface area contributed by atoms with E-state index in [2.05, 4.69) is 10.6 Å². The van der Waals surface area contributed by atoms with Crippen molar-refractivity contribution in [2.24, 2.45) is 5.41 Å². The molecule has 0 bridgehead atoms. The molecule has 0 spiro atoms. The highest BCUT2D eigenvalue weighted by atomic mass is 16.5. The second-order valence-electron chi connectivity index (χ2n) is 4.38. The highest BCUT2D eigenvalue weighted by molar-refractivity contribution is 5.84. The Morgan fingerprint density at radius 1 is 1.22 bits per heavy atom. The minimum absolute atomic E-state index is 0.0596. The second-order valence-corrected chi connectivity index (χ2v) is 4.38. The van der Waals surface area contributed by atoms with Crippen LogP contribution in [-0.4, -0.2) is 49.2 Å². The third-order valence-corrected chi connectivity index (χ3v) is 3.03. The van der Waals surface area contributed by atoms with Crippen LogP contribution in [0.5, 0.6) is 0 Å². The summed E-state index contributed by atoms with van der Waals surface area (Å²) >= 11 is 0. The number of carboxylic acids is 1. The molecule has 1 heterocycles. The summed E-state index contributed by atoms with van der Waals surface area (Å²) in [4.78, 5) is 33.3. The summed E-state index contributed by atoms with van der Waals surface area (Å²) in [5, 5.41) is 14.1. The van der Waals surface area contributed by atoms with E-state index < -0.39 is 17.3 Å². The summed E-state index contributed by atoms with van der Waals surface area (Å²) in [6.07, 6.45) is 0.755. The van der Waals surface area contributed by atoms with E-state index in [1.165, 1.54) is 6.92 Å². The Hall–Kier alpha value is -1.63. The van der Waals surface area contributed by atoms with Crippen molar-refractivity contribution in [3.63, 3.8) is 0 Å². The first-order chi connectivity index (χ1) is 8.46. The molecule has 0 aromatic carbocycles. The molecule has 7 nitrogen and oxygen atoms in total. The van der Waals surface area contributed by atoms with Gasteiger partial charge in [0.15, 0.2) is 0 Å². The first-order valence-corrected chi connectivity index (χ1v) is 5.78.